The highest BCUT2D eigenvalue weighted by molar-refractivity contribution is 14.1. The Morgan fingerprint density at radius 1 is 1.32 bits per heavy atom. The molecule has 1 aliphatic rings. The molecule has 106 valence electrons. The van der Waals surface area contributed by atoms with Gasteiger partial charge in [0.05, 0.1) is 17.8 Å². The van der Waals surface area contributed by atoms with E-state index in [0.717, 1.165) is 0 Å². The molecule has 0 spiro atoms. The summed E-state index contributed by atoms with van der Waals surface area (Å²) >= 11 is 1.72. The van der Waals surface area contributed by atoms with E-state index < -0.39 is 11.7 Å². The predicted molar refractivity (Wildman–Crippen MR) is 76.4 cm³/mol. The minimum absolute atomic E-state index is 0.223. The molecule has 19 heavy (non-hydrogen) atoms. The fraction of sp³-hybridized carbons (Fsp3) is 0.538. The SMILES string of the molecule is CC1(C)CN(c2ccc(I)c(C(F)(F)F)c2)CCO1. The molecule has 0 aromatic heterocycles. The van der Waals surface area contributed by atoms with Crippen LogP contribution in [0.5, 0.6) is 0 Å². The van der Waals surface area contributed by atoms with Gasteiger partial charge in [0.15, 0.2) is 0 Å². The highest BCUT2D eigenvalue weighted by atomic mass is 127. The van der Waals surface area contributed by atoms with Gasteiger partial charge < -0.3 is 9.64 Å². The fourth-order valence-electron chi connectivity index (χ4n) is 2.16. The number of hydrogen-bond acceptors (Lipinski definition) is 2. The van der Waals surface area contributed by atoms with Crippen molar-refractivity contribution in [2.24, 2.45) is 0 Å². The van der Waals surface area contributed by atoms with Crippen molar-refractivity contribution in [3.8, 4) is 0 Å². The molecule has 1 fully saturated rings. The number of nitrogens with zero attached hydrogens (tertiary/aromatic N) is 1. The standard InChI is InChI=1S/C13H15F3INO/c1-12(2)8-18(5-6-19-12)9-3-4-11(17)10(7-9)13(14,15)16/h3-4,7H,5-6,8H2,1-2H3. The Morgan fingerprint density at radius 3 is 2.58 bits per heavy atom. The molecule has 0 radical (unpaired) electrons. The normalized spacial score (nSPS) is 19.6. The molecule has 1 aromatic rings. The molecule has 1 heterocycles. The summed E-state index contributed by atoms with van der Waals surface area (Å²) in [6.45, 7) is 5.61. The lowest BCUT2D eigenvalue weighted by molar-refractivity contribution is -0.138. The third-order valence-corrected chi connectivity index (χ3v) is 3.99. The van der Waals surface area contributed by atoms with E-state index in [1.807, 2.05) is 18.7 Å². The number of morpholine rings is 1. The zero-order valence-corrected chi connectivity index (χ0v) is 12.9. The van der Waals surface area contributed by atoms with E-state index in [2.05, 4.69) is 0 Å². The van der Waals surface area contributed by atoms with Gasteiger partial charge in [-0.25, -0.2) is 0 Å². The number of halogens is 4. The summed E-state index contributed by atoms with van der Waals surface area (Å²) in [6.07, 6.45) is -4.31. The highest BCUT2D eigenvalue weighted by Crippen LogP contribution is 2.36. The van der Waals surface area contributed by atoms with E-state index >= 15 is 0 Å². The van der Waals surface area contributed by atoms with E-state index in [0.29, 0.717) is 25.4 Å². The average molecular weight is 385 g/mol. The summed E-state index contributed by atoms with van der Waals surface area (Å²) in [6, 6.07) is 4.47. The Hall–Kier alpha value is -0.500. The lowest BCUT2D eigenvalue weighted by Gasteiger charge is -2.39. The summed E-state index contributed by atoms with van der Waals surface area (Å²) in [4.78, 5) is 1.94. The highest BCUT2D eigenvalue weighted by Gasteiger charge is 2.34. The Kier molecular flexibility index (Phi) is 4.02. The molecule has 0 unspecified atom stereocenters. The van der Waals surface area contributed by atoms with E-state index in [1.54, 1.807) is 28.7 Å². The number of rotatable bonds is 1. The topological polar surface area (TPSA) is 12.5 Å². The predicted octanol–water partition coefficient (Wildman–Crippen LogP) is 3.93. The van der Waals surface area contributed by atoms with Gasteiger partial charge in [-0.05, 0) is 54.6 Å². The van der Waals surface area contributed by atoms with Crippen LogP contribution in [0.1, 0.15) is 19.4 Å². The lowest BCUT2D eigenvalue weighted by atomic mass is 10.1. The van der Waals surface area contributed by atoms with Crippen LogP contribution in [0, 0.1) is 3.57 Å². The van der Waals surface area contributed by atoms with E-state index in [-0.39, 0.29) is 9.17 Å². The monoisotopic (exact) mass is 385 g/mol. The van der Waals surface area contributed by atoms with Crippen molar-refractivity contribution in [2.45, 2.75) is 25.6 Å². The van der Waals surface area contributed by atoms with Gasteiger partial charge in [-0.2, -0.15) is 13.2 Å². The van der Waals surface area contributed by atoms with Gasteiger partial charge in [0.2, 0.25) is 0 Å². The van der Waals surface area contributed by atoms with Gasteiger partial charge in [0, 0.05) is 22.3 Å². The van der Waals surface area contributed by atoms with Crippen molar-refractivity contribution in [1.29, 1.82) is 0 Å². The fourth-order valence-corrected chi connectivity index (χ4v) is 2.81. The van der Waals surface area contributed by atoms with Crippen LogP contribution in [-0.4, -0.2) is 25.3 Å². The maximum absolute atomic E-state index is 12.9. The van der Waals surface area contributed by atoms with Gasteiger partial charge >= 0.3 is 6.18 Å². The van der Waals surface area contributed by atoms with Crippen LogP contribution < -0.4 is 4.90 Å². The summed E-state index contributed by atoms with van der Waals surface area (Å²) < 4.78 is 44.5. The van der Waals surface area contributed by atoms with Gasteiger partial charge in [-0.3, -0.25) is 0 Å². The smallest absolute Gasteiger partial charge is 0.372 e. The Bertz CT molecular complexity index is 473. The van der Waals surface area contributed by atoms with Gasteiger partial charge in [-0.15, -0.1) is 0 Å². The molecular weight excluding hydrogens is 370 g/mol. The number of benzene rings is 1. The van der Waals surface area contributed by atoms with E-state index in [4.69, 9.17) is 4.74 Å². The number of anilines is 1. The summed E-state index contributed by atoms with van der Waals surface area (Å²) in [5.41, 5.74) is -0.307. The van der Waals surface area contributed by atoms with Gasteiger partial charge in [0.25, 0.3) is 0 Å². The second-order valence-electron chi connectivity index (χ2n) is 5.19. The first-order chi connectivity index (χ1) is 8.69. The van der Waals surface area contributed by atoms with Crippen molar-refractivity contribution in [1.82, 2.24) is 0 Å². The molecule has 1 aromatic carbocycles. The second kappa shape index (κ2) is 5.12. The zero-order chi connectivity index (χ0) is 14.3. The van der Waals surface area contributed by atoms with Crippen LogP contribution in [0.4, 0.5) is 18.9 Å². The first-order valence-electron chi connectivity index (χ1n) is 5.95. The largest absolute Gasteiger partial charge is 0.417 e. The number of alkyl halides is 3. The van der Waals surface area contributed by atoms with E-state index in [1.165, 1.54) is 12.1 Å². The molecule has 1 aliphatic heterocycles. The summed E-state index contributed by atoms with van der Waals surface area (Å²) in [5, 5.41) is 0. The molecule has 0 saturated carbocycles. The molecular formula is C13H15F3INO. The van der Waals surface area contributed by atoms with Crippen LogP contribution in [-0.2, 0) is 10.9 Å². The molecule has 6 heteroatoms. The van der Waals surface area contributed by atoms with Crippen LogP contribution in [0.3, 0.4) is 0 Å². The van der Waals surface area contributed by atoms with Crippen molar-refractivity contribution >= 4 is 28.3 Å². The third-order valence-electron chi connectivity index (χ3n) is 3.05. The molecule has 0 atom stereocenters. The maximum Gasteiger partial charge on any atom is 0.417 e. The lowest BCUT2D eigenvalue weighted by Crippen LogP contribution is -2.48. The zero-order valence-electron chi connectivity index (χ0n) is 10.7. The molecule has 2 rings (SSSR count). The van der Waals surface area contributed by atoms with Gasteiger partial charge in [0.1, 0.15) is 0 Å². The molecule has 0 amide bonds. The first kappa shape index (κ1) is 14.9. The summed E-state index contributed by atoms with van der Waals surface area (Å²) in [7, 11) is 0. The van der Waals surface area contributed by atoms with Crippen molar-refractivity contribution < 1.29 is 17.9 Å². The van der Waals surface area contributed by atoms with E-state index in [9.17, 15) is 13.2 Å². The Balaban J connectivity index is 2.31. The van der Waals surface area contributed by atoms with Gasteiger partial charge in [-0.1, -0.05) is 0 Å². The molecule has 0 bridgehead atoms. The van der Waals surface area contributed by atoms with Crippen molar-refractivity contribution in [3.63, 3.8) is 0 Å². The maximum atomic E-state index is 12.9. The Labute approximate surface area is 124 Å². The van der Waals surface area contributed by atoms with Crippen molar-refractivity contribution in [2.75, 3.05) is 24.6 Å². The molecule has 0 N–H and O–H groups in total. The molecule has 1 saturated heterocycles. The van der Waals surface area contributed by atoms with Crippen LogP contribution in [0.2, 0.25) is 0 Å². The molecule has 2 nitrogen and oxygen atoms in total. The number of ether oxygens (including phenoxy) is 1. The van der Waals surface area contributed by atoms with Crippen LogP contribution >= 0.6 is 22.6 Å². The van der Waals surface area contributed by atoms with Crippen molar-refractivity contribution in [3.05, 3.63) is 27.3 Å². The Morgan fingerprint density at radius 2 is 2.00 bits per heavy atom. The number of hydrogen-bond donors (Lipinski definition) is 0. The second-order valence-corrected chi connectivity index (χ2v) is 6.35. The summed E-state index contributed by atoms with van der Waals surface area (Å²) in [5.74, 6) is 0. The third kappa shape index (κ3) is 3.53. The minimum atomic E-state index is -4.31. The van der Waals surface area contributed by atoms with Crippen LogP contribution in [0.15, 0.2) is 18.2 Å². The average Bonchev–Trinajstić information content (AvgIpc) is 2.26. The van der Waals surface area contributed by atoms with Crippen LogP contribution in [0.25, 0.3) is 0 Å². The quantitative estimate of drug-likeness (QED) is 0.680. The first-order valence-corrected chi connectivity index (χ1v) is 7.03. The molecule has 0 aliphatic carbocycles. The minimum Gasteiger partial charge on any atom is -0.372 e.